The van der Waals surface area contributed by atoms with Crippen LogP contribution in [0.2, 0.25) is 0 Å². The van der Waals surface area contributed by atoms with E-state index >= 15 is 0 Å². The lowest BCUT2D eigenvalue weighted by molar-refractivity contribution is -0.274. The molecule has 0 unspecified atom stereocenters. The lowest BCUT2D eigenvalue weighted by Gasteiger charge is -2.23. The van der Waals surface area contributed by atoms with Gasteiger partial charge in [-0.2, -0.15) is 15.0 Å². The Hall–Kier alpha value is -3.76. The monoisotopic (exact) mass is 502 g/mol. The second kappa shape index (κ2) is 11.8. The van der Waals surface area contributed by atoms with Crippen LogP contribution in [0, 0.1) is 0 Å². The van der Waals surface area contributed by atoms with E-state index in [1.54, 1.807) is 19.2 Å². The highest BCUT2D eigenvalue weighted by atomic mass is 19.4. The van der Waals surface area contributed by atoms with E-state index < -0.39 is 6.36 Å². The molecule has 0 atom stereocenters. The van der Waals surface area contributed by atoms with Crippen molar-refractivity contribution in [2.45, 2.75) is 57.6 Å². The van der Waals surface area contributed by atoms with Crippen LogP contribution in [0.4, 0.5) is 31.0 Å². The van der Waals surface area contributed by atoms with Gasteiger partial charge in [0.25, 0.3) is 0 Å². The second-order valence-electron chi connectivity index (χ2n) is 8.53. The van der Waals surface area contributed by atoms with Crippen molar-refractivity contribution in [3.63, 3.8) is 0 Å². The van der Waals surface area contributed by atoms with E-state index in [0.29, 0.717) is 37.0 Å². The van der Waals surface area contributed by atoms with Crippen molar-refractivity contribution in [3.05, 3.63) is 59.7 Å². The van der Waals surface area contributed by atoms with Crippen LogP contribution in [0.15, 0.2) is 48.5 Å². The lowest BCUT2D eigenvalue weighted by atomic mass is 9.96. The summed E-state index contributed by atoms with van der Waals surface area (Å²) >= 11 is 0. The van der Waals surface area contributed by atoms with Crippen LogP contribution in [0.1, 0.15) is 43.2 Å². The van der Waals surface area contributed by atoms with Gasteiger partial charge in [-0.3, -0.25) is 0 Å². The van der Waals surface area contributed by atoms with Gasteiger partial charge in [-0.15, -0.1) is 13.2 Å². The van der Waals surface area contributed by atoms with Crippen molar-refractivity contribution in [1.29, 1.82) is 0 Å². The maximum atomic E-state index is 12.4. The summed E-state index contributed by atoms with van der Waals surface area (Å²) in [4.78, 5) is 13.5. The molecule has 0 spiro atoms. The first-order chi connectivity index (χ1) is 17.4. The Morgan fingerprint density at radius 2 is 1.25 bits per heavy atom. The van der Waals surface area contributed by atoms with Gasteiger partial charge in [-0.1, -0.05) is 43.5 Å². The van der Waals surface area contributed by atoms with Crippen molar-refractivity contribution in [3.8, 4) is 11.5 Å². The Bertz CT molecular complexity index is 1100. The molecule has 0 bridgehead atoms. The second-order valence-corrected chi connectivity index (χ2v) is 8.53. The van der Waals surface area contributed by atoms with Crippen LogP contribution in [-0.2, 0) is 13.1 Å². The molecular weight excluding hydrogens is 473 g/mol. The van der Waals surface area contributed by atoms with Crippen LogP contribution in [0.5, 0.6) is 11.5 Å². The number of aromatic nitrogens is 3. The molecule has 1 aromatic heterocycles. The Labute approximate surface area is 207 Å². The van der Waals surface area contributed by atoms with Gasteiger partial charge in [0.15, 0.2) is 0 Å². The van der Waals surface area contributed by atoms with Crippen molar-refractivity contribution < 1.29 is 22.6 Å². The number of anilines is 3. The van der Waals surface area contributed by atoms with Gasteiger partial charge in [-0.05, 0) is 48.2 Å². The van der Waals surface area contributed by atoms with Gasteiger partial charge in [0.05, 0.1) is 7.11 Å². The predicted octanol–water partition coefficient (Wildman–Crippen LogP) is 5.75. The normalized spacial score (nSPS) is 14.2. The summed E-state index contributed by atoms with van der Waals surface area (Å²) in [6.07, 6.45) is 0.991. The van der Waals surface area contributed by atoms with Crippen molar-refractivity contribution in [2.75, 3.05) is 23.1 Å². The first-order valence-electron chi connectivity index (χ1n) is 11.8. The molecule has 4 rings (SSSR count). The largest absolute Gasteiger partial charge is 0.573 e. The van der Waals surface area contributed by atoms with E-state index in [-0.39, 0.29) is 5.75 Å². The summed E-state index contributed by atoms with van der Waals surface area (Å²) in [5.41, 5.74) is 1.79. The standard InChI is InChI=1S/C25H29F3N6O2/c1-35-20-11-7-17(8-12-20)15-29-22-32-23(34-24(33-22)31-19-5-3-2-4-6-19)30-16-18-9-13-21(14-10-18)36-25(26,27)28/h7-14,19H,2-6,15-16H2,1H3,(H3,29,30,31,32,33,34). The number of nitrogens with zero attached hydrogens (tertiary/aromatic N) is 3. The summed E-state index contributed by atoms with van der Waals surface area (Å²) in [6.45, 7) is 0.827. The molecule has 0 radical (unpaired) electrons. The predicted molar refractivity (Wildman–Crippen MR) is 131 cm³/mol. The molecule has 2 aromatic carbocycles. The number of alkyl halides is 3. The van der Waals surface area contributed by atoms with E-state index in [1.807, 2.05) is 24.3 Å². The summed E-state index contributed by atoms with van der Waals surface area (Å²) in [5, 5.41) is 9.80. The number of halogens is 3. The number of methoxy groups -OCH3 is 1. The Balaban J connectivity index is 1.44. The number of benzene rings is 2. The Morgan fingerprint density at radius 3 is 1.75 bits per heavy atom. The molecule has 1 aliphatic carbocycles. The SMILES string of the molecule is COc1ccc(CNc2nc(NCc3ccc(OC(F)(F)F)cc3)nc(NC3CCCCC3)n2)cc1. The van der Waals surface area contributed by atoms with Gasteiger partial charge in [0.2, 0.25) is 17.8 Å². The molecule has 0 aliphatic heterocycles. The van der Waals surface area contributed by atoms with E-state index in [9.17, 15) is 13.2 Å². The quantitative estimate of drug-likeness (QED) is 0.323. The van der Waals surface area contributed by atoms with E-state index in [1.165, 1.54) is 31.4 Å². The number of nitrogens with one attached hydrogen (secondary N) is 3. The number of hydrogen-bond acceptors (Lipinski definition) is 8. The van der Waals surface area contributed by atoms with Gasteiger partial charge >= 0.3 is 6.36 Å². The molecule has 11 heteroatoms. The van der Waals surface area contributed by atoms with Crippen LogP contribution in [0.25, 0.3) is 0 Å². The minimum Gasteiger partial charge on any atom is -0.497 e. The molecule has 1 saturated carbocycles. The number of rotatable bonds is 10. The van der Waals surface area contributed by atoms with E-state index in [4.69, 9.17) is 4.74 Å². The molecule has 1 fully saturated rings. The fraction of sp³-hybridized carbons (Fsp3) is 0.400. The fourth-order valence-electron chi connectivity index (χ4n) is 3.94. The first-order valence-corrected chi connectivity index (χ1v) is 11.8. The molecule has 1 heterocycles. The summed E-state index contributed by atoms with van der Waals surface area (Å²) in [7, 11) is 1.62. The van der Waals surface area contributed by atoms with Crippen molar-refractivity contribution in [1.82, 2.24) is 15.0 Å². The summed E-state index contributed by atoms with van der Waals surface area (Å²) in [6, 6.07) is 13.7. The van der Waals surface area contributed by atoms with Gasteiger partial charge in [0, 0.05) is 19.1 Å². The van der Waals surface area contributed by atoms with Crippen molar-refractivity contribution in [2.24, 2.45) is 0 Å². The number of ether oxygens (including phenoxy) is 2. The van der Waals surface area contributed by atoms with Gasteiger partial charge in [0.1, 0.15) is 11.5 Å². The maximum absolute atomic E-state index is 12.4. The Morgan fingerprint density at radius 1 is 0.750 bits per heavy atom. The zero-order valence-electron chi connectivity index (χ0n) is 19.9. The fourth-order valence-corrected chi connectivity index (χ4v) is 3.94. The van der Waals surface area contributed by atoms with E-state index in [0.717, 1.165) is 29.7 Å². The average molecular weight is 503 g/mol. The van der Waals surface area contributed by atoms with Gasteiger partial charge in [-0.25, -0.2) is 0 Å². The van der Waals surface area contributed by atoms with Crippen molar-refractivity contribution >= 4 is 17.8 Å². The minimum absolute atomic E-state index is 0.268. The molecule has 3 N–H and O–H groups in total. The maximum Gasteiger partial charge on any atom is 0.573 e. The van der Waals surface area contributed by atoms with Crippen LogP contribution >= 0.6 is 0 Å². The van der Waals surface area contributed by atoms with Crippen LogP contribution in [-0.4, -0.2) is 34.5 Å². The highest BCUT2D eigenvalue weighted by Gasteiger charge is 2.30. The third-order valence-electron chi connectivity index (χ3n) is 5.79. The highest BCUT2D eigenvalue weighted by molar-refractivity contribution is 5.44. The molecule has 3 aromatic rings. The molecule has 8 nitrogen and oxygen atoms in total. The highest BCUT2D eigenvalue weighted by Crippen LogP contribution is 2.24. The van der Waals surface area contributed by atoms with Crippen LogP contribution < -0.4 is 25.4 Å². The molecule has 0 saturated heterocycles. The third kappa shape index (κ3) is 7.89. The Kier molecular flexibility index (Phi) is 8.29. The number of hydrogen-bond donors (Lipinski definition) is 3. The zero-order valence-corrected chi connectivity index (χ0v) is 19.9. The average Bonchev–Trinajstić information content (AvgIpc) is 2.87. The molecule has 0 amide bonds. The lowest BCUT2D eigenvalue weighted by Crippen LogP contribution is -2.24. The van der Waals surface area contributed by atoms with Gasteiger partial charge < -0.3 is 25.4 Å². The summed E-state index contributed by atoms with van der Waals surface area (Å²) < 4.78 is 46.3. The molecule has 192 valence electrons. The van der Waals surface area contributed by atoms with E-state index in [2.05, 4.69) is 35.6 Å². The first kappa shape index (κ1) is 25.3. The topological polar surface area (TPSA) is 93.2 Å². The summed E-state index contributed by atoms with van der Waals surface area (Å²) in [5.74, 6) is 1.76. The third-order valence-corrected chi connectivity index (χ3v) is 5.79. The molecule has 36 heavy (non-hydrogen) atoms. The smallest absolute Gasteiger partial charge is 0.497 e. The molecular formula is C25H29F3N6O2. The minimum atomic E-state index is -4.72. The van der Waals surface area contributed by atoms with Crippen LogP contribution in [0.3, 0.4) is 0 Å². The zero-order chi connectivity index (χ0) is 25.4. The molecule has 1 aliphatic rings.